The van der Waals surface area contributed by atoms with Gasteiger partial charge in [0.05, 0.1) is 5.92 Å². The number of hydrogen-bond donors (Lipinski definition) is 0. The van der Waals surface area contributed by atoms with Gasteiger partial charge in [-0.2, -0.15) is 0 Å². The molecular weight excluding hydrogens is 210 g/mol. The highest BCUT2D eigenvalue weighted by atomic mass is 16.2. The summed E-state index contributed by atoms with van der Waals surface area (Å²) in [5, 5.41) is 0. The van der Waals surface area contributed by atoms with Gasteiger partial charge in [-0.05, 0) is 60.3 Å². The zero-order chi connectivity index (χ0) is 13.0. The first-order valence-electron chi connectivity index (χ1n) is 6.96. The van der Waals surface area contributed by atoms with Gasteiger partial charge in [0.2, 0.25) is 5.91 Å². The molecule has 0 aliphatic heterocycles. The van der Waals surface area contributed by atoms with E-state index in [0.29, 0.717) is 5.91 Å². The summed E-state index contributed by atoms with van der Waals surface area (Å²) in [5.41, 5.74) is 1.35. The molecule has 0 unspecified atom stereocenters. The molecule has 0 saturated carbocycles. The van der Waals surface area contributed by atoms with E-state index in [1.165, 1.54) is 18.4 Å². The Morgan fingerprint density at radius 3 is 2.12 bits per heavy atom. The third-order valence-electron chi connectivity index (χ3n) is 3.62. The molecule has 1 aliphatic rings. The molecule has 0 saturated heterocycles. The summed E-state index contributed by atoms with van der Waals surface area (Å²) >= 11 is 0. The first-order chi connectivity index (χ1) is 7.95. The lowest BCUT2D eigenvalue weighted by atomic mass is 9.89. The molecule has 0 aromatic rings. The number of rotatable bonds is 4. The van der Waals surface area contributed by atoms with Gasteiger partial charge < -0.3 is 4.90 Å². The van der Waals surface area contributed by atoms with Gasteiger partial charge in [0.15, 0.2) is 0 Å². The van der Waals surface area contributed by atoms with E-state index in [2.05, 4.69) is 40.7 Å². The summed E-state index contributed by atoms with van der Waals surface area (Å²) in [6.45, 7) is 10.5. The predicted molar refractivity (Wildman–Crippen MR) is 72.8 cm³/mol. The summed E-state index contributed by atoms with van der Waals surface area (Å²) in [6, 6.07) is 0.572. The van der Waals surface area contributed by atoms with Crippen molar-refractivity contribution in [1.82, 2.24) is 4.90 Å². The second kappa shape index (κ2) is 6.23. The molecule has 17 heavy (non-hydrogen) atoms. The van der Waals surface area contributed by atoms with Crippen molar-refractivity contribution in [3.05, 3.63) is 11.6 Å². The van der Waals surface area contributed by atoms with Crippen LogP contribution in [0.1, 0.15) is 60.3 Å². The van der Waals surface area contributed by atoms with E-state index in [1.807, 2.05) is 4.90 Å². The Morgan fingerprint density at radius 2 is 1.71 bits per heavy atom. The summed E-state index contributed by atoms with van der Waals surface area (Å²) < 4.78 is 0. The summed E-state index contributed by atoms with van der Waals surface area (Å²) in [7, 11) is 0. The lowest BCUT2D eigenvalue weighted by Gasteiger charge is -2.34. The monoisotopic (exact) mass is 237 g/mol. The van der Waals surface area contributed by atoms with Crippen molar-refractivity contribution in [2.45, 2.75) is 72.4 Å². The van der Waals surface area contributed by atoms with E-state index in [-0.39, 0.29) is 18.0 Å². The third kappa shape index (κ3) is 3.58. The zero-order valence-corrected chi connectivity index (χ0v) is 12.0. The van der Waals surface area contributed by atoms with Crippen LogP contribution in [0, 0.1) is 5.92 Å². The molecule has 1 rings (SSSR count). The van der Waals surface area contributed by atoms with Crippen LogP contribution >= 0.6 is 0 Å². The van der Waals surface area contributed by atoms with Crippen LogP contribution in [0.25, 0.3) is 0 Å². The van der Waals surface area contributed by atoms with Gasteiger partial charge in [-0.15, -0.1) is 0 Å². The lowest BCUT2D eigenvalue weighted by molar-refractivity contribution is -0.137. The Hall–Kier alpha value is -0.790. The molecule has 2 nitrogen and oxygen atoms in total. The maximum absolute atomic E-state index is 12.5. The van der Waals surface area contributed by atoms with Crippen molar-refractivity contribution in [2.75, 3.05) is 0 Å². The number of nitrogens with zero attached hydrogens (tertiary/aromatic N) is 1. The second-order valence-electron chi connectivity index (χ2n) is 5.68. The summed E-state index contributed by atoms with van der Waals surface area (Å²) in [4.78, 5) is 14.5. The van der Waals surface area contributed by atoms with Crippen LogP contribution in [0.4, 0.5) is 0 Å². The quantitative estimate of drug-likeness (QED) is 0.682. The van der Waals surface area contributed by atoms with Crippen molar-refractivity contribution >= 4 is 5.91 Å². The highest BCUT2D eigenvalue weighted by Gasteiger charge is 2.27. The molecule has 1 atom stereocenters. The second-order valence-corrected chi connectivity index (χ2v) is 5.68. The Morgan fingerprint density at radius 1 is 1.12 bits per heavy atom. The average Bonchev–Trinajstić information content (AvgIpc) is 2.28. The van der Waals surface area contributed by atoms with E-state index in [4.69, 9.17) is 0 Å². The molecule has 0 bridgehead atoms. The van der Waals surface area contributed by atoms with Gasteiger partial charge in [-0.3, -0.25) is 4.79 Å². The van der Waals surface area contributed by atoms with E-state index < -0.39 is 0 Å². The van der Waals surface area contributed by atoms with Crippen LogP contribution < -0.4 is 0 Å². The number of carbonyl (C=O) groups excluding carboxylic acids is 1. The van der Waals surface area contributed by atoms with Crippen molar-refractivity contribution < 1.29 is 4.79 Å². The zero-order valence-electron chi connectivity index (χ0n) is 12.0. The molecule has 0 aromatic heterocycles. The van der Waals surface area contributed by atoms with Gasteiger partial charge in [0, 0.05) is 12.1 Å². The van der Waals surface area contributed by atoms with Crippen molar-refractivity contribution in [1.29, 1.82) is 0 Å². The molecule has 0 fully saturated rings. The van der Waals surface area contributed by atoms with Crippen molar-refractivity contribution in [2.24, 2.45) is 5.92 Å². The van der Waals surface area contributed by atoms with Gasteiger partial charge >= 0.3 is 0 Å². The van der Waals surface area contributed by atoms with Crippen LogP contribution in [0.2, 0.25) is 0 Å². The molecule has 1 aliphatic carbocycles. The molecule has 98 valence electrons. The van der Waals surface area contributed by atoms with Crippen LogP contribution in [-0.2, 0) is 4.79 Å². The Bertz CT molecular complexity index is 283. The van der Waals surface area contributed by atoms with Gasteiger partial charge in [-0.25, -0.2) is 0 Å². The normalized spacial score (nSPS) is 18.2. The molecular formula is C15H27NO. The fourth-order valence-electron chi connectivity index (χ4n) is 2.74. The summed E-state index contributed by atoms with van der Waals surface area (Å²) in [6.07, 6.45) is 7.06. The fraction of sp³-hybridized carbons (Fsp3) is 0.800. The van der Waals surface area contributed by atoms with Gasteiger partial charge in [0.1, 0.15) is 0 Å². The molecule has 0 spiro atoms. The number of amides is 1. The smallest absolute Gasteiger partial charge is 0.229 e. The minimum atomic E-state index is 0.0695. The highest BCUT2D eigenvalue weighted by Crippen LogP contribution is 2.26. The van der Waals surface area contributed by atoms with Gasteiger partial charge in [-0.1, -0.05) is 11.6 Å². The Kier molecular flexibility index (Phi) is 5.23. The number of allylic oxidation sites excluding steroid dienone is 1. The van der Waals surface area contributed by atoms with Crippen LogP contribution in [-0.4, -0.2) is 22.9 Å². The van der Waals surface area contributed by atoms with Crippen LogP contribution in [0.5, 0.6) is 0 Å². The number of hydrogen-bond acceptors (Lipinski definition) is 1. The van der Waals surface area contributed by atoms with E-state index in [0.717, 1.165) is 12.8 Å². The van der Waals surface area contributed by atoms with E-state index in [1.54, 1.807) is 0 Å². The van der Waals surface area contributed by atoms with Gasteiger partial charge in [0.25, 0.3) is 0 Å². The minimum absolute atomic E-state index is 0.0695. The lowest BCUT2D eigenvalue weighted by Crippen LogP contribution is -2.45. The Balaban J connectivity index is 2.76. The first kappa shape index (κ1) is 14.3. The molecule has 0 aromatic carbocycles. The molecule has 0 heterocycles. The molecule has 1 amide bonds. The maximum Gasteiger partial charge on any atom is 0.229 e. The van der Waals surface area contributed by atoms with E-state index >= 15 is 0 Å². The standard InChI is InChI=1S/C15H27NO/c1-11(2)16(12(3)4)15(17)13(5)14-9-7-6-8-10-14/h9,11-13H,6-8,10H2,1-5H3/t13-/m0/s1. The van der Waals surface area contributed by atoms with Crippen molar-refractivity contribution in [3.63, 3.8) is 0 Å². The fourth-order valence-corrected chi connectivity index (χ4v) is 2.74. The third-order valence-corrected chi connectivity index (χ3v) is 3.62. The first-order valence-corrected chi connectivity index (χ1v) is 6.96. The van der Waals surface area contributed by atoms with E-state index in [9.17, 15) is 4.79 Å². The highest BCUT2D eigenvalue weighted by molar-refractivity contribution is 5.81. The molecule has 0 radical (unpaired) electrons. The minimum Gasteiger partial charge on any atom is -0.337 e. The Labute approximate surface area is 106 Å². The maximum atomic E-state index is 12.5. The summed E-state index contributed by atoms with van der Waals surface area (Å²) in [5.74, 6) is 0.364. The predicted octanol–water partition coefficient (Wildman–Crippen LogP) is 3.77. The average molecular weight is 237 g/mol. The van der Waals surface area contributed by atoms with Crippen LogP contribution in [0.3, 0.4) is 0 Å². The molecule has 0 N–H and O–H groups in total. The number of carbonyl (C=O) groups is 1. The largest absolute Gasteiger partial charge is 0.337 e. The van der Waals surface area contributed by atoms with Crippen LogP contribution in [0.15, 0.2) is 11.6 Å². The van der Waals surface area contributed by atoms with Crippen molar-refractivity contribution in [3.8, 4) is 0 Å². The molecule has 2 heteroatoms. The topological polar surface area (TPSA) is 20.3 Å². The SMILES string of the molecule is CC(C)N(C(=O)[C@@H](C)C1=CCCCC1)C(C)C.